The summed E-state index contributed by atoms with van der Waals surface area (Å²) in [6, 6.07) is 0. The third-order valence-corrected chi connectivity index (χ3v) is 5.27. The molecular formula is C20H24N6O3. The van der Waals surface area contributed by atoms with Gasteiger partial charge in [0.05, 0.1) is 17.0 Å². The maximum absolute atomic E-state index is 13.2. The van der Waals surface area contributed by atoms with E-state index in [0.717, 1.165) is 17.7 Å². The number of aryl methyl sites for hydroxylation is 2. The lowest BCUT2D eigenvalue weighted by molar-refractivity contribution is 0.0787. The summed E-state index contributed by atoms with van der Waals surface area (Å²) in [4.78, 5) is 28.1. The molecule has 1 aliphatic heterocycles. The van der Waals surface area contributed by atoms with Crippen LogP contribution >= 0.6 is 0 Å². The fourth-order valence-corrected chi connectivity index (χ4v) is 3.71. The maximum atomic E-state index is 13.2. The summed E-state index contributed by atoms with van der Waals surface area (Å²) in [6.07, 6.45) is 4.69. The number of nitrogens with zero attached hydrogens (tertiary/aromatic N) is 6. The van der Waals surface area contributed by atoms with Crippen LogP contribution in [0.25, 0.3) is 11.4 Å². The highest BCUT2D eigenvalue weighted by Gasteiger charge is 2.34. The molecule has 152 valence electrons. The zero-order chi connectivity index (χ0) is 20.5. The molecule has 1 aliphatic rings. The molecule has 3 aromatic rings. The van der Waals surface area contributed by atoms with E-state index < -0.39 is 0 Å². The summed E-state index contributed by atoms with van der Waals surface area (Å²) in [7, 11) is 0. The first-order valence-electron chi connectivity index (χ1n) is 9.87. The first kappa shape index (κ1) is 19.2. The summed E-state index contributed by atoms with van der Waals surface area (Å²) >= 11 is 0. The Morgan fingerprint density at radius 3 is 2.86 bits per heavy atom. The van der Waals surface area contributed by atoms with E-state index in [1.807, 2.05) is 25.7 Å². The number of aromatic nitrogens is 5. The molecule has 0 radical (unpaired) electrons. The Balaban J connectivity index is 1.58. The lowest BCUT2D eigenvalue weighted by atomic mass is 10.00. The lowest BCUT2D eigenvalue weighted by Crippen LogP contribution is -2.29. The van der Waals surface area contributed by atoms with Crippen LogP contribution in [-0.4, -0.2) is 49.2 Å². The molecule has 4 rings (SSSR count). The normalized spacial score (nSPS) is 16.7. The Hall–Kier alpha value is -3.10. The molecule has 1 saturated heterocycles. The predicted molar refractivity (Wildman–Crippen MR) is 103 cm³/mol. The van der Waals surface area contributed by atoms with Crippen molar-refractivity contribution in [1.82, 2.24) is 30.2 Å². The minimum Gasteiger partial charge on any atom is -0.361 e. The fourth-order valence-electron chi connectivity index (χ4n) is 3.71. The molecule has 1 atom stereocenters. The molecule has 9 nitrogen and oxygen atoms in total. The molecule has 1 amide bonds. The van der Waals surface area contributed by atoms with E-state index in [1.165, 1.54) is 6.33 Å². The van der Waals surface area contributed by atoms with E-state index in [-0.39, 0.29) is 17.7 Å². The minimum absolute atomic E-state index is 0.0432. The average Bonchev–Trinajstić information content (AvgIpc) is 3.46. The molecular weight excluding hydrogens is 372 g/mol. The maximum Gasteiger partial charge on any atom is 0.259 e. The molecule has 0 saturated carbocycles. The van der Waals surface area contributed by atoms with Crippen LogP contribution in [0.3, 0.4) is 0 Å². The Morgan fingerprint density at radius 2 is 2.14 bits per heavy atom. The number of amides is 1. The average molecular weight is 396 g/mol. The van der Waals surface area contributed by atoms with Crippen LogP contribution in [-0.2, 0) is 6.42 Å². The molecule has 0 aliphatic carbocycles. The second kappa shape index (κ2) is 7.73. The molecule has 1 fully saturated rings. The summed E-state index contributed by atoms with van der Waals surface area (Å²) in [5, 5.41) is 8.14. The Labute approximate surface area is 168 Å². The lowest BCUT2D eigenvalue weighted by Gasteiger charge is -2.17. The van der Waals surface area contributed by atoms with E-state index in [1.54, 1.807) is 13.1 Å². The van der Waals surface area contributed by atoms with Crippen LogP contribution in [0.2, 0.25) is 0 Å². The van der Waals surface area contributed by atoms with E-state index in [0.29, 0.717) is 48.2 Å². The second-order valence-electron chi connectivity index (χ2n) is 7.58. The van der Waals surface area contributed by atoms with E-state index in [9.17, 15) is 4.79 Å². The van der Waals surface area contributed by atoms with Crippen molar-refractivity contribution < 1.29 is 13.8 Å². The number of hydrogen-bond acceptors (Lipinski definition) is 8. The quantitative estimate of drug-likeness (QED) is 0.647. The molecule has 0 spiro atoms. The van der Waals surface area contributed by atoms with Gasteiger partial charge >= 0.3 is 0 Å². The molecule has 0 bridgehead atoms. The van der Waals surface area contributed by atoms with Crippen molar-refractivity contribution in [2.75, 3.05) is 13.1 Å². The summed E-state index contributed by atoms with van der Waals surface area (Å²) < 4.78 is 10.5. The summed E-state index contributed by atoms with van der Waals surface area (Å²) in [6.45, 7) is 8.94. The largest absolute Gasteiger partial charge is 0.361 e. The zero-order valence-electron chi connectivity index (χ0n) is 17.0. The number of carbonyl (C=O) groups excluding carboxylic acids is 1. The van der Waals surface area contributed by atoms with Gasteiger partial charge in [-0.05, 0) is 19.3 Å². The van der Waals surface area contributed by atoms with Crippen LogP contribution in [0.5, 0.6) is 0 Å². The van der Waals surface area contributed by atoms with Gasteiger partial charge in [-0.3, -0.25) is 4.79 Å². The highest BCUT2D eigenvalue weighted by Crippen LogP contribution is 2.33. The number of hydrogen-bond donors (Lipinski definition) is 0. The Kier molecular flexibility index (Phi) is 5.12. The van der Waals surface area contributed by atoms with Gasteiger partial charge in [0, 0.05) is 31.6 Å². The van der Waals surface area contributed by atoms with Gasteiger partial charge in [0.2, 0.25) is 11.7 Å². The van der Waals surface area contributed by atoms with Gasteiger partial charge in [0.25, 0.3) is 5.91 Å². The molecule has 9 heteroatoms. The monoisotopic (exact) mass is 396 g/mol. The second-order valence-corrected chi connectivity index (χ2v) is 7.58. The SMILES string of the molecule is CCc1nc(-c2cncnc2[C@H]2CCN(C(=O)c3c(C(C)C)noc3C)C2)no1. The highest BCUT2D eigenvalue weighted by atomic mass is 16.5. The molecule has 4 heterocycles. The Morgan fingerprint density at radius 1 is 1.31 bits per heavy atom. The number of likely N-dealkylation sites (tertiary alicyclic amines) is 1. The van der Waals surface area contributed by atoms with Crippen LogP contribution in [0.4, 0.5) is 0 Å². The molecule has 0 N–H and O–H groups in total. The van der Waals surface area contributed by atoms with Gasteiger partial charge < -0.3 is 13.9 Å². The topological polar surface area (TPSA) is 111 Å². The van der Waals surface area contributed by atoms with E-state index in [2.05, 4.69) is 25.3 Å². The third kappa shape index (κ3) is 3.52. The van der Waals surface area contributed by atoms with Crippen molar-refractivity contribution in [3.8, 4) is 11.4 Å². The first-order chi connectivity index (χ1) is 14.0. The van der Waals surface area contributed by atoms with Gasteiger partial charge in [-0.2, -0.15) is 4.98 Å². The number of carbonyl (C=O) groups is 1. The van der Waals surface area contributed by atoms with Crippen LogP contribution < -0.4 is 0 Å². The predicted octanol–water partition coefficient (Wildman–Crippen LogP) is 3.14. The van der Waals surface area contributed by atoms with Crippen LogP contribution in [0.15, 0.2) is 21.6 Å². The van der Waals surface area contributed by atoms with Crippen molar-refractivity contribution in [3.05, 3.63) is 41.1 Å². The van der Waals surface area contributed by atoms with Crippen molar-refractivity contribution in [2.45, 2.75) is 52.4 Å². The smallest absolute Gasteiger partial charge is 0.259 e. The standard InChI is InChI=1S/C20H24N6O3/c1-5-15-23-19(25-29-15)14-8-21-10-22-18(14)13-6-7-26(9-13)20(27)16-12(4)28-24-17(16)11(2)3/h8,10-11,13H,5-7,9H2,1-4H3/t13-/m0/s1. The van der Waals surface area contributed by atoms with E-state index >= 15 is 0 Å². The van der Waals surface area contributed by atoms with Gasteiger partial charge in [0.15, 0.2) is 0 Å². The van der Waals surface area contributed by atoms with Crippen molar-refractivity contribution in [1.29, 1.82) is 0 Å². The van der Waals surface area contributed by atoms with Gasteiger partial charge in [-0.25, -0.2) is 9.97 Å². The molecule has 3 aromatic heterocycles. The molecule has 0 aromatic carbocycles. The summed E-state index contributed by atoms with van der Waals surface area (Å²) in [5.74, 6) is 1.76. The fraction of sp³-hybridized carbons (Fsp3) is 0.500. The van der Waals surface area contributed by atoms with Crippen molar-refractivity contribution in [3.63, 3.8) is 0 Å². The first-order valence-corrected chi connectivity index (χ1v) is 9.87. The van der Waals surface area contributed by atoms with Gasteiger partial charge in [-0.15, -0.1) is 0 Å². The summed E-state index contributed by atoms with van der Waals surface area (Å²) in [5.41, 5.74) is 2.87. The third-order valence-electron chi connectivity index (χ3n) is 5.27. The van der Waals surface area contributed by atoms with Gasteiger partial charge in [-0.1, -0.05) is 31.1 Å². The Bertz CT molecular complexity index is 1020. The van der Waals surface area contributed by atoms with Crippen LogP contribution in [0, 0.1) is 6.92 Å². The minimum atomic E-state index is -0.0432. The van der Waals surface area contributed by atoms with E-state index in [4.69, 9.17) is 9.05 Å². The highest BCUT2D eigenvalue weighted by molar-refractivity contribution is 5.96. The van der Waals surface area contributed by atoms with Crippen LogP contribution in [0.1, 0.15) is 72.4 Å². The number of rotatable bonds is 5. The zero-order valence-corrected chi connectivity index (χ0v) is 17.0. The van der Waals surface area contributed by atoms with Crippen molar-refractivity contribution >= 4 is 5.91 Å². The van der Waals surface area contributed by atoms with Crippen molar-refractivity contribution in [2.24, 2.45) is 0 Å². The molecule has 29 heavy (non-hydrogen) atoms. The molecule has 0 unspecified atom stereocenters. The van der Waals surface area contributed by atoms with Gasteiger partial charge in [0.1, 0.15) is 17.7 Å².